The van der Waals surface area contributed by atoms with Gasteiger partial charge in [-0.2, -0.15) is 0 Å². The molecule has 0 spiro atoms. The fraction of sp³-hybridized carbons (Fsp3) is 0.448. The molecule has 0 radical (unpaired) electrons. The van der Waals surface area contributed by atoms with E-state index in [9.17, 15) is 19.8 Å². The fourth-order valence-electron chi connectivity index (χ4n) is 6.75. The number of hydrogen-bond acceptors (Lipinski definition) is 8. The van der Waals surface area contributed by atoms with Crippen molar-refractivity contribution in [2.24, 2.45) is 16.7 Å². The second-order valence-electron chi connectivity index (χ2n) is 10.4. The molecule has 1 aliphatic rings. The van der Waals surface area contributed by atoms with E-state index in [-0.39, 0.29) is 0 Å². The third-order valence-electron chi connectivity index (χ3n) is 8.64. The number of carboxylic acids is 2. The van der Waals surface area contributed by atoms with Crippen LogP contribution in [0.25, 0.3) is 22.0 Å². The van der Waals surface area contributed by atoms with Crippen LogP contribution < -0.4 is 15.5 Å². The molecule has 6 unspecified atom stereocenters. The van der Waals surface area contributed by atoms with Gasteiger partial charge in [-0.25, -0.2) is 0 Å². The minimum Gasteiger partial charge on any atom is -0.549 e. The third-order valence-corrected chi connectivity index (χ3v) is 8.64. The molecule has 1 fully saturated rings. The monoisotopic (exact) mass is 503 g/mol. The Morgan fingerprint density at radius 1 is 0.946 bits per heavy atom. The lowest BCUT2D eigenvalue weighted by atomic mass is 9.47. The van der Waals surface area contributed by atoms with Crippen molar-refractivity contribution in [1.29, 1.82) is 0 Å². The summed E-state index contributed by atoms with van der Waals surface area (Å²) in [4.78, 5) is 35.5. The highest BCUT2D eigenvalue weighted by Gasteiger charge is 2.65. The summed E-state index contributed by atoms with van der Waals surface area (Å²) in [6.45, 7) is 8.70. The molecule has 6 atom stereocenters. The summed E-state index contributed by atoms with van der Waals surface area (Å²) in [7, 11) is 1.42. The van der Waals surface area contributed by atoms with Crippen LogP contribution in [0, 0.1) is 16.7 Å². The van der Waals surface area contributed by atoms with Crippen LogP contribution in [0.4, 0.5) is 0 Å². The van der Waals surface area contributed by atoms with Gasteiger partial charge in [0, 0.05) is 53.9 Å². The minimum atomic E-state index is -1.77. The second-order valence-corrected chi connectivity index (χ2v) is 10.4. The summed E-state index contributed by atoms with van der Waals surface area (Å²) in [6.07, 6.45) is 3.98. The first-order valence-electron chi connectivity index (χ1n) is 12.5. The molecule has 0 saturated carbocycles. The Morgan fingerprint density at radius 2 is 1.57 bits per heavy atom. The zero-order chi connectivity index (χ0) is 27.1. The average molecular weight is 504 g/mol. The Bertz CT molecular complexity index is 1310. The van der Waals surface area contributed by atoms with Crippen molar-refractivity contribution in [3.63, 3.8) is 0 Å². The number of aromatic nitrogens is 2. The van der Waals surface area contributed by atoms with Gasteiger partial charge in [0.1, 0.15) is 0 Å². The summed E-state index contributed by atoms with van der Waals surface area (Å²) < 4.78 is 5.66. The maximum absolute atomic E-state index is 13.3. The number of carbonyl (C=O) groups excluding carboxylic acids is 2. The molecule has 0 bridgehead atoms. The molecule has 3 heterocycles. The number of methoxy groups -OCH3 is 1. The van der Waals surface area contributed by atoms with Crippen LogP contribution in [-0.4, -0.2) is 47.2 Å². The maximum atomic E-state index is 13.3. The highest BCUT2D eigenvalue weighted by molar-refractivity contribution is 5.90. The first kappa shape index (κ1) is 26.7. The molecule has 1 aliphatic heterocycles. The highest BCUT2D eigenvalue weighted by atomic mass is 16.5. The van der Waals surface area contributed by atoms with Crippen LogP contribution >= 0.6 is 0 Å². The Kier molecular flexibility index (Phi) is 7.10. The quantitative estimate of drug-likeness (QED) is 0.518. The number of pyridine rings is 2. The van der Waals surface area contributed by atoms with E-state index < -0.39 is 52.8 Å². The lowest BCUT2D eigenvalue weighted by Gasteiger charge is -2.64. The van der Waals surface area contributed by atoms with Crippen LogP contribution in [-0.2, 0) is 14.3 Å². The fourth-order valence-corrected chi connectivity index (χ4v) is 6.75. The van der Waals surface area contributed by atoms with E-state index in [1.807, 2.05) is 36.4 Å². The molecule has 0 amide bonds. The molecule has 8 nitrogen and oxygen atoms in total. The van der Waals surface area contributed by atoms with Crippen LogP contribution in [0.3, 0.4) is 0 Å². The van der Waals surface area contributed by atoms with Crippen molar-refractivity contribution in [2.75, 3.05) is 7.11 Å². The van der Waals surface area contributed by atoms with Crippen molar-refractivity contribution >= 4 is 22.8 Å². The van der Waals surface area contributed by atoms with Gasteiger partial charge in [-0.3, -0.25) is 9.97 Å². The van der Waals surface area contributed by atoms with Crippen LogP contribution in [0.15, 0.2) is 55.0 Å². The van der Waals surface area contributed by atoms with Crippen molar-refractivity contribution in [1.82, 2.24) is 15.3 Å². The molecule has 37 heavy (non-hydrogen) atoms. The zero-order valence-corrected chi connectivity index (χ0v) is 22.0. The predicted octanol–water partition coefficient (Wildman–Crippen LogP) is 1.92. The number of ether oxygens (including phenoxy) is 1. The Morgan fingerprint density at radius 3 is 2.14 bits per heavy atom. The van der Waals surface area contributed by atoms with E-state index in [2.05, 4.69) is 15.3 Å². The van der Waals surface area contributed by atoms with E-state index >= 15 is 0 Å². The standard InChI is InChI=1S/C29H35N3O5/c1-16(2)28(26(33)34)17(3)32-18(4)29(27(35)36,19(5)37-6)25(28)23-14-30-15-24-22(23)12-21(13-31-24)20-10-8-7-9-11-20/h7-19,25,32H,1-6H3,(H,33,34)(H,35,36)/p-2. The predicted molar refractivity (Wildman–Crippen MR) is 136 cm³/mol. The first-order valence-corrected chi connectivity index (χ1v) is 12.5. The largest absolute Gasteiger partial charge is 0.549 e. The SMILES string of the molecule is COC(C)C1(C(=O)[O-])C(C)NC(C)C(C(=O)[O-])(C(C)C)C1c1cncc2ncc(-c3ccccc3)cc12. The van der Waals surface area contributed by atoms with E-state index in [0.29, 0.717) is 16.5 Å². The van der Waals surface area contributed by atoms with Crippen molar-refractivity contribution < 1.29 is 24.5 Å². The molecular formula is C29H33N3O5-2. The van der Waals surface area contributed by atoms with Crippen LogP contribution in [0.1, 0.15) is 46.1 Å². The molecule has 3 aromatic rings. The van der Waals surface area contributed by atoms with Gasteiger partial charge in [-0.05, 0) is 43.9 Å². The number of carbonyl (C=O) groups is 2. The molecule has 196 valence electrons. The number of piperidine rings is 1. The summed E-state index contributed by atoms with van der Waals surface area (Å²) >= 11 is 0. The van der Waals surface area contributed by atoms with Gasteiger partial charge in [0.2, 0.25) is 0 Å². The number of nitrogens with zero attached hydrogens (tertiary/aromatic N) is 2. The molecule has 8 heteroatoms. The molecule has 1 aromatic carbocycles. The van der Waals surface area contributed by atoms with Gasteiger partial charge < -0.3 is 29.9 Å². The van der Waals surface area contributed by atoms with Gasteiger partial charge in [0.05, 0.1) is 35.2 Å². The number of hydrogen-bond donors (Lipinski definition) is 1. The van der Waals surface area contributed by atoms with Gasteiger partial charge in [-0.15, -0.1) is 0 Å². The summed E-state index contributed by atoms with van der Waals surface area (Å²) in [6, 6.07) is 10.3. The van der Waals surface area contributed by atoms with Crippen LogP contribution in [0.5, 0.6) is 0 Å². The summed E-state index contributed by atoms with van der Waals surface area (Å²) in [5.74, 6) is -4.35. The maximum Gasteiger partial charge on any atom is 0.0888 e. The smallest absolute Gasteiger partial charge is 0.0888 e. The lowest BCUT2D eigenvalue weighted by molar-refractivity contribution is -0.343. The normalized spacial score (nSPS) is 28.8. The van der Waals surface area contributed by atoms with E-state index in [4.69, 9.17) is 4.74 Å². The van der Waals surface area contributed by atoms with Gasteiger partial charge in [0.25, 0.3) is 0 Å². The first-order chi connectivity index (χ1) is 17.5. The number of rotatable bonds is 7. The van der Waals surface area contributed by atoms with E-state index in [1.54, 1.807) is 53.2 Å². The Hall–Kier alpha value is -3.36. The second kappa shape index (κ2) is 9.84. The molecular weight excluding hydrogens is 470 g/mol. The van der Waals surface area contributed by atoms with Gasteiger partial charge >= 0.3 is 0 Å². The number of fused-ring (bicyclic) bond motifs is 1. The van der Waals surface area contributed by atoms with Gasteiger partial charge in [0.15, 0.2) is 0 Å². The topological polar surface area (TPSA) is 127 Å². The molecule has 0 aliphatic carbocycles. The highest BCUT2D eigenvalue weighted by Crippen LogP contribution is 2.60. The zero-order valence-electron chi connectivity index (χ0n) is 22.0. The third kappa shape index (κ3) is 3.81. The van der Waals surface area contributed by atoms with Crippen molar-refractivity contribution in [3.8, 4) is 11.1 Å². The minimum absolute atomic E-state index is 0.467. The number of benzene rings is 1. The van der Waals surface area contributed by atoms with Gasteiger partial charge in [-0.1, -0.05) is 44.2 Å². The van der Waals surface area contributed by atoms with Crippen molar-refractivity contribution in [2.45, 2.75) is 58.7 Å². The molecule has 1 saturated heterocycles. The summed E-state index contributed by atoms with van der Waals surface area (Å²) in [5, 5.41) is 30.4. The average Bonchev–Trinajstić information content (AvgIpc) is 2.87. The van der Waals surface area contributed by atoms with E-state index in [0.717, 1.165) is 11.1 Å². The molecule has 4 rings (SSSR count). The van der Waals surface area contributed by atoms with Crippen LogP contribution in [0.2, 0.25) is 0 Å². The van der Waals surface area contributed by atoms with Crippen molar-refractivity contribution in [3.05, 3.63) is 60.6 Å². The number of carboxylic acid groups (broad SMARTS) is 2. The Labute approximate surface area is 217 Å². The molecule has 1 N–H and O–H groups in total. The molecule has 2 aromatic heterocycles. The summed E-state index contributed by atoms with van der Waals surface area (Å²) in [5.41, 5.74) is -0.669. The Balaban J connectivity index is 2.16. The lowest BCUT2D eigenvalue weighted by Crippen LogP contribution is -2.76. The number of nitrogens with one attached hydrogen (secondary N) is 1. The number of aliphatic carboxylic acids is 2. The van der Waals surface area contributed by atoms with E-state index in [1.165, 1.54) is 7.11 Å².